The van der Waals surface area contributed by atoms with Gasteiger partial charge in [0.2, 0.25) is 0 Å². The Balaban J connectivity index is 2.83. The third kappa shape index (κ3) is 6.18. The van der Waals surface area contributed by atoms with E-state index in [0.29, 0.717) is 4.90 Å². The molecule has 4 heteroatoms. The van der Waals surface area contributed by atoms with Gasteiger partial charge in [0.1, 0.15) is 0 Å². The minimum absolute atomic E-state index is 0.0210. The van der Waals surface area contributed by atoms with Crippen molar-refractivity contribution in [1.29, 1.82) is 0 Å². The third-order valence-corrected chi connectivity index (χ3v) is 4.52. The Labute approximate surface area is 130 Å². The van der Waals surface area contributed by atoms with Gasteiger partial charge in [-0.15, -0.1) is 0 Å². The second-order valence-corrected chi connectivity index (χ2v) is 9.84. The molecule has 0 saturated carbocycles. The summed E-state index contributed by atoms with van der Waals surface area (Å²) in [4.78, 5) is 0.368. The Morgan fingerprint density at radius 1 is 1.05 bits per heavy atom. The fraction of sp³-hybridized carbons (Fsp3) is 0.647. The first kappa shape index (κ1) is 18.2. The number of hydrogen-bond donors (Lipinski definition) is 1. The van der Waals surface area contributed by atoms with Crippen molar-refractivity contribution in [2.75, 3.05) is 6.26 Å². The van der Waals surface area contributed by atoms with Crippen LogP contribution in [0.5, 0.6) is 0 Å². The van der Waals surface area contributed by atoms with Crippen molar-refractivity contribution in [3.05, 3.63) is 29.8 Å². The second kappa shape index (κ2) is 6.09. The number of nitrogens with one attached hydrogen (secondary N) is 1. The van der Waals surface area contributed by atoms with Crippen molar-refractivity contribution in [3.8, 4) is 0 Å². The molecule has 1 unspecified atom stereocenters. The van der Waals surface area contributed by atoms with Gasteiger partial charge in [0, 0.05) is 17.8 Å². The van der Waals surface area contributed by atoms with Gasteiger partial charge in [-0.05, 0) is 50.3 Å². The van der Waals surface area contributed by atoms with Crippen molar-refractivity contribution < 1.29 is 8.42 Å². The molecule has 0 saturated heterocycles. The number of sulfone groups is 1. The van der Waals surface area contributed by atoms with Crippen LogP contribution in [-0.2, 0) is 9.84 Å². The molecule has 1 aromatic carbocycles. The van der Waals surface area contributed by atoms with E-state index >= 15 is 0 Å². The summed E-state index contributed by atoms with van der Waals surface area (Å²) in [5.41, 5.74) is 1.38. The first-order valence-corrected chi connectivity index (χ1v) is 9.27. The van der Waals surface area contributed by atoms with Gasteiger partial charge in [0.05, 0.1) is 4.90 Å². The van der Waals surface area contributed by atoms with Crippen LogP contribution in [0.3, 0.4) is 0 Å². The molecule has 0 aliphatic heterocycles. The molecule has 0 aromatic heterocycles. The fourth-order valence-corrected chi connectivity index (χ4v) is 3.68. The summed E-state index contributed by atoms with van der Waals surface area (Å²) >= 11 is 0. The summed E-state index contributed by atoms with van der Waals surface area (Å²) in [6.45, 7) is 13.2. The Hall–Kier alpha value is -0.870. The average molecular weight is 311 g/mol. The monoisotopic (exact) mass is 311 g/mol. The molecule has 1 aromatic rings. The van der Waals surface area contributed by atoms with Crippen molar-refractivity contribution >= 4 is 9.84 Å². The molecule has 0 aliphatic carbocycles. The van der Waals surface area contributed by atoms with Gasteiger partial charge in [-0.3, -0.25) is 0 Å². The van der Waals surface area contributed by atoms with Gasteiger partial charge in [-0.2, -0.15) is 0 Å². The van der Waals surface area contributed by atoms with Crippen LogP contribution < -0.4 is 5.32 Å². The fourth-order valence-electron chi connectivity index (χ4n) is 3.05. The lowest BCUT2D eigenvalue weighted by molar-refractivity contribution is 0.227. The van der Waals surface area contributed by atoms with E-state index in [-0.39, 0.29) is 17.0 Å². The summed E-state index contributed by atoms with van der Waals surface area (Å²) in [7, 11) is -3.12. The molecule has 0 aliphatic rings. The summed E-state index contributed by atoms with van der Waals surface area (Å²) in [5.74, 6) is 0. The van der Waals surface area contributed by atoms with Crippen LogP contribution in [0, 0.1) is 5.41 Å². The molecule has 0 amide bonds. The Morgan fingerprint density at radius 3 is 1.90 bits per heavy atom. The summed E-state index contributed by atoms with van der Waals surface area (Å²) in [5, 5.41) is 3.64. The molecule has 1 rings (SSSR count). The van der Waals surface area contributed by atoms with Gasteiger partial charge in [-0.25, -0.2) is 8.42 Å². The van der Waals surface area contributed by atoms with Gasteiger partial charge in [0.25, 0.3) is 0 Å². The molecule has 1 N–H and O–H groups in total. The van der Waals surface area contributed by atoms with E-state index in [1.54, 1.807) is 12.1 Å². The lowest BCUT2D eigenvalue weighted by Crippen LogP contribution is -2.43. The molecule has 1 atom stereocenters. The molecule has 3 nitrogen and oxygen atoms in total. The van der Waals surface area contributed by atoms with E-state index in [9.17, 15) is 8.42 Å². The smallest absolute Gasteiger partial charge is 0.175 e. The SMILES string of the molecule is CC(NC(C)(C)CC(C)(C)C)c1ccc(S(C)(=O)=O)cc1. The molecule has 0 radical (unpaired) electrons. The first-order chi connectivity index (χ1) is 9.30. The van der Waals surface area contributed by atoms with Gasteiger partial charge >= 0.3 is 0 Å². The maximum Gasteiger partial charge on any atom is 0.175 e. The van der Waals surface area contributed by atoms with E-state index in [1.807, 2.05) is 12.1 Å². The summed E-state index contributed by atoms with van der Waals surface area (Å²) in [6, 6.07) is 7.32. The third-order valence-electron chi connectivity index (χ3n) is 3.39. The zero-order chi connectivity index (χ0) is 16.5. The minimum atomic E-state index is -3.12. The van der Waals surface area contributed by atoms with Crippen LogP contribution in [0.25, 0.3) is 0 Å². The summed E-state index contributed by atoms with van der Waals surface area (Å²) in [6.07, 6.45) is 2.29. The maximum atomic E-state index is 11.5. The van der Waals surface area contributed by atoms with E-state index in [2.05, 4.69) is 46.9 Å². The Kier molecular flexibility index (Phi) is 5.27. The highest BCUT2D eigenvalue weighted by Gasteiger charge is 2.26. The van der Waals surface area contributed by atoms with Gasteiger partial charge < -0.3 is 5.32 Å². The normalized spacial score (nSPS) is 15.0. The highest BCUT2D eigenvalue weighted by molar-refractivity contribution is 7.90. The first-order valence-electron chi connectivity index (χ1n) is 7.38. The van der Waals surface area contributed by atoms with E-state index in [1.165, 1.54) is 6.26 Å². The van der Waals surface area contributed by atoms with Gasteiger partial charge in [-0.1, -0.05) is 32.9 Å². The predicted molar refractivity (Wildman–Crippen MR) is 89.3 cm³/mol. The lowest BCUT2D eigenvalue weighted by atomic mass is 9.81. The molecule has 0 bridgehead atoms. The number of hydrogen-bond acceptors (Lipinski definition) is 3. The van der Waals surface area contributed by atoms with Crippen molar-refractivity contribution in [2.24, 2.45) is 5.41 Å². The quantitative estimate of drug-likeness (QED) is 0.895. The van der Waals surface area contributed by atoms with Crippen molar-refractivity contribution in [2.45, 2.75) is 64.4 Å². The van der Waals surface area contributed by atoms with Crippen LogP contribution in [0.4, 0.5) is 0 Å². The van der Waals surface area contributed by atoms with Crippen LogP contribution in [0.15, 0.2) is 29.2 Å². The van der Waals surface area contributed by atoms with Crippen molar-refractivity contribution in [1.82, 2.24) is 5.32 Å². The van der Waals surface area contributed by atoms with E-state index in [4.69, 9.17) is 0 Å². The average Bonchev–Trinajstić information content (AvgIpc) is 2.23. The molecule has 120 valence electrons. The topological polar surface area (TPSA) is 46.2 Å². The Morgan fingerprint density at radius 2 is 1.52 bits per heavy atom. The number of benzene rings is 1. The van der Waals surface area contributed by atoms with E-state index < -0.39 is 9.84 Å². The summed E-state index contributed by atoms with van der Waals surface area (Å²) < 4.78 is 23.0. The van der Waals surface area contributed by atoms with Crippen LogP contribution in [0.1, 0.15) is 59.6 Å². The largest absolute Gasteiger partial charge is 0.305 e. The molecular weight excluding hydrogens is 282 g/mol. The molecule has 21 heavy (non-hydrogen) atoms. The van der Waals surface area contributed by atoms with Crippen LogP contribution in [0.2, 0.25) is 0 Å². The van der Waals surface area contributed by atoms with Crippen LogP contribution in [-0.4, -0.2) is 20.2 Å². The number of rotatable bonds is 5. The predicted octanol–water partition coefficient (Wildman–Crippen LogP) is 3.96. The lowest BCUT2D eigenvalue weighted by Gasteiger charge is -2.36. The zero-order valence-corrected chi connectivity index (χ0v) is 15.1. The van der Waals surface area contributed by atoms with Crippen molar-refractivity contribution in [3.63, 3.8) is 0 Å². The highest BCUT2D eigenvalue weighted by atomic mass is 32.2. The standard InChI is InChI=1S/C17H29NO2S/c1-13(18-17(5,6)12-16(2,3)4)14-8-10-15(11-9-14)21(7,19)20/h8-11,13,18H,12H2,1-7H3. The molecular formula is C17H29NO2S. The molecule has 0 heterocycles. The molecule has 0 spiro atoms. The van der Waals surface area contributed by atoms with E-state index in [0.717, 1.165) is 12.0 Å². The highest BCUT2D eigenvalue weighted by Crippen LogP contribution is 2.29. The minimum Gasteiger partial charge on any atom is -0.305 e. The second-order valence-electron chi connectivity index (χ2n) is 7.83. The maximum absolute atomic E-state index is 11.5. The van der Waals surface area contributed by atoms with Crippen LogP contribution >= 0.6 is 0 Å². The molecule has 0 fully saturated rings. The zero-order valence-electron chi connectivity index (χ0n) is 14.3. The van der Waals surface area contributed by atoms with Gasteiger partial charge in [0.15, 0.2) is 9.84 Å². The Bertz CT molecular complexity index is 566.